The molecule has 10 aromatic rings. The topological polar surface area (TPSA) is 43.6 Å². The summed E-state index contributed by atoms with van der Waals surface area (Å²) in [5.41, 5.74) is 10.7. The van der Waals surface area contributed by atoms with E-state index in [1.165, 1.54) is 21.9 Å². The summed E-state index contributed by atoms with van der Waals surface area (Å²) in [6.45, 7) is 0. The number of rotatable bonds is 6. The molecule has 0 aliphatic rings. The first-order valence-corrected chi connectivity index (χ1v) is 17.9. The van der Waals surface area contributed by atoms with Crippen LogP contribution in [0.2, 0.25) is 0 Å². The van der Waals surface area contributed by atoms with Crippen molar-refractivity contribution >= 4 is 32.6 Å². The van der Waals surface area contributed by atoms with Crippen molar-refractivity contribution in [2.45, 2.75) is 0 Å². The van der Waals surface area contributed by atoms with Gasteiger partial charge in [0.15, 0.2) is 17.5 Å². The maximum Gasteiger partial charge on any atom is 0.166 e. The molecule has 0 saturated heterocycles. The number of para-hydroxylation sites is 2. The van der Waals surface area contributed by atoms with Gasteiger partial charge in [-0.2, -0.15) is 0 Å². The molecule has 0 radical (unpaired) electrons. The summed E-state index contributed by atoms with van der Waals surface area (Å²) in [6.07, 6.45) is 0. The molecule has 0 unspecified atom stereocenters. The minimum Gasteiger partial charge on any atom is -0.308 e. The molecule has 0 amide bonds. The Bertz CT molecular complexity index is 2760. The van der Waals surface area contributed by atoms with Gasteiger partial charge in [0, 0.05) is 21.9 Å². The first-order valence-electron chi connectivity index (χ1n) is 17.9. The number of hydrogen-bond donors (Lipinski definition) is 0. The van der Waals surface area contributed by atoms with Crippen molar-refractivity contribution in [3.05, 3.63) is 194 Å². The zero-order valence-electron chi connectivity index (χ0n) is 28.8. The van der Waals surface area contributed by atoms with Gasteiger partial charge in [-0.1, -0.05) is 176 Å². The molecular weight excluding hydrogens is 645 g/mol. The van der Waals surface area contributed by atoms with Crippen LogP contribution in [0.1, 0.15) is 0 Å². The predicted molar refractivity (Wildman–Crippen MR) is 219 cm³/mol. The molecule has 0 saturated carbocycles. The molecule has 248 valence electrons. The number of hydrogen-bond acceptors (Lipinski definition) is 3. The van der Waals surface area contributed by atoms with Gasteiger partial charge in [-0.25, -0.2) is 15.0 Å². The fraction of sp³-hybridized carbons (Fsp3) is 0. The summed E-state index contributed by atoms with van der Waals surface area (Å²) in [7, 11) is 0. The van der Waals surface area contributed by atoms with E-state index in [0.717, 1.165) is 55.3 Å². The second-order valence-corrected chi connectivity index (χ2v) is 13.2. The Hall–Kier alpha value is -7.17. The zero-order valence-corrected chi connectivity index (χ0v) is 28.8. The summed E-state index contributed by atoms with van der Waals surface area (Å²) in [6, 6.07) is 68.0. The summed E-state index contributed by atoms with van der Waals surface area (Å²) in [5.74, 6) is 1.87. The van der Waals surface area contributed by atoms with Crippen LogP contribution < -0.4 is 0 Å². The van der Waals surface area contributed by atoms with Crippen molar-refractivity contribution in [2.75, 3.05) is 0 Å². The number of benzene rings is 8. The fourth-order valence-electron chi connectivity index (χ4n) is 7.49. The van der Waals surface area contributed by atoms with Crippen LogP contribution in [0, 0.1) is 0 Å². The van der Waals surface area contributed by atoms with Crippen LogP contribution in [-0.4, -0.2) is 19.5 Å². The molecule has 2 heterocycles. The maximum atomic E-state index is 5.31. The maximum absolute atomic E-state index is 5.31. The smallest absolute Gasteiger partial charge is 0.166 e. The van der Waals surface area contributed by atoms with Gasteiger partial charge >= 0.3 is 0 Å². The van der Waals surface area contributed by atoms with Gasteiger partial charge in [0.1, 0.15) is 0 Å². The molecule has 0 N–H and O–H groups in total. The summed E-state index contributed by atoms with van der Waals surface area (Å²) in [4.78, 5) is 15.8. The number of fused-ring (bicyclic) bond motifs is 4. The lowest BCUT2D eigenvalue weighted by Crippen LogP contribution is -2.04. The third-order valence-corrected chi connectivity index (χ3v) is 10.1. The third-order valence-electron chi connectivity index (χ3n) is 10.1. The average Bonchev–Trinajstić information content (AvgIpc) is 3.58. The highest BCUT2D eigenvalue weighted by atomic mass is 15.1. The average molecular weight is 677 g/mol. The third kappa shape index (κ3) is 5.45. The summed E-state index contributed by atoms with van der Waals surface area (Å²) in [5, 5.41) is 4.61. The van der Waals surface area contributed by atoms with E-state index in [-0.39, 0.29) is 0 Å². The van der Waals surface area contributed by atoms with E-state index in [2.05, 4.69) is 187 Å². The van der Waals surface area contributed by atoms with Gasteiger partial charge < -0.3 is 4.57 Å². The minimum atomic E-state index is 0.623. The van der Waals surface area contributed by atoms with E-state index in [0.29, 0.717) is 17.5 Å². The molecular formula is C49H32N4. The molecule has 4 nitrogen and oxygen atoms in total. The van der Waals surface area contributed by atoms with Gasteiger partial charge in [-0.05, 0) is 51.2 Å². The molecule has 53 heavy (non-hydrogen) atoms. The highest BCUT2D eigenvalue weighted by molar-refractivity contribution is 6.11. The van der Waals surface area contributed by atoms with Gasteiger partial charge in [0.2, 0.25) is 0 Å². The van der Waals surface area contributed by atoms with Crippen molar-refractivity contribution < 1.29 is 0 Å². The van der Waals surface area contributed by atoms with Crippen LogP contribution in [0.25, 0.3) is 94.7 Å². The zero-order chi connectivity index (χ0) is 35.1. The van der Waals surface area contributed by atoms with Crippen molar-refractivity contribution in [3.63, 3.8) is 0 Å². The fourth-order valence-corrected chi connectivity index (χ4v) is 7.49. The van der Waals surface area contributed by atoms with Crippen LogP contribution in [0.5, 0.6) is 0 Å². The highest BCUT2D eigenvalue weighted by Gasteiger charge is 2.21. The number of nitrogens with zero attached hydrogens (tertiary/aromatic N) is 4. The van der Waals surface area contributed by atoms with E-state index in [9.17, 15) is 0 Å². The van der Waals surface area contributed by atoms with Crippen LogP contribution in [0.4, 0.5) is 0 Å². The molecule has 4 heteroatoms. The molecule has 2 aromatic heterocycles. The molecule has 0 aliphatic heterocycles. The normalized spacial score (nSPS) is 11.4. The molecule has 10 rings (SSSR count). The predicted octanol–water partition coefficient (Wildman–Crippen LogP) is 12.5. The van der Waals surface area contributed by atoms with E-state index < -0.39 is 0 Å². The monoisotopic (exact) mass is 676 g/mol. The van der Waals surface area contributed by atoms with Gasteiger partial charge in [-0.3, -0.25) is 0 Å². The van der Waals surface area contributed by atoms with Crippen LogP contribution in [0.15, 0.2) is 194 Å². The van der Waals surface area contributed by atoms with Gasteiger partial charge in [0.05, 0.1) is 22.3 Å². The van der Waals surface area contributed by atoms with E-state index >= 15 is 0 Å². The molecule has 0 atom stereocenters. The Kier molecular flexibility index (Phi) is 7.43. The Morgan fingerprint density at radius 2 is 0.679 bits per heavy atom. The molecule has 0 fully saturated rings. The Morgan fingerprint density at radius 1 is 0.283 bits per heavy atom. The molecule has 8 aromatic carbocycles. The van der Waals surface area contributed by atoms with E-state index in [1.54, 1.807) is 0 Å². The summed E-state index contributed by atoms with van der Waals surface area (Å²) < 4.78 is 2.36. The van der Waals surface area contributed by atoms with Crippen molar-refractivity contribution in [1.29, 1.82) is 0 Å². The first kappa shape index (κ1) is 30.6. The van der Waals surface area contributed by atoms with Crippen molar-refractivity contribution in [2.24, 2.45) is 0 Å². The Morgan fingerprint density at radius 3 is 1.21 bits per heavy atom. The lowest BCUT2D eigenvalue weighted by atomic mass is 10.0. The second-order valence-electron chi connectivity index (χ2n) is 13.2. The van der Waals surface area contributed by atoms with Crippen molar-refractivity contribution in [1.82, 2.24) is 19.5 Å². The first-order chi connectivity index (χ1) is 26.3. The van der Waals surface area contributed by atoms with E-state index in [1.807, 2.05) is 12.1 Å². The summed E-state index contributed by atoms with van der Waals surface area (Å²) >= 11 is 0. The Balaban J connectivity index is 1.22. The molecule has 0 spiro atoms. The van der Waals surface area contributed by atoms with Gasteiger partial charge in [0.25, 0.3) is 0 Å². The number of aromatic nitrogens is 4. The van der Waals surface area contributed by atoms with Crippen LogP contribution >= 0.6 is 0 Å². The highest BCUT2D eigenvalue weighted by Crippen LogP contribution is 2.40. The standard InChI is InChI=1S/C49H32N4/c1-3-13-33(14-4-1)35-23-27-38(28-24-35)47-50-48(39-29-25-36(26-30-39)34-15-5-2-6-16-34)52-49(51-47)46-40-18-8-7-17-37(40)31-32-45(46)53-43-21-11-9-19-41(43)42-20-10-12-22-44(42)53/h1-32H. The second kappa shape index (κ2) is 12.9. The minimum absolute atomic E-state index is 0.623. The molecule has 0 bridgehead atoms. The molecule has 0 aliphatic carbocycles. The SMILES string of the molecule is c1ccc(-c2ccc(-c3nc(-c4ccc(-c5ccccc5)cc4)nc(-c4c(-n5c6ccccc6c6ccccc65)ccc5ccccc45)n3)cc2)cc1. The van der Waals surface area contributed by atoms with Crippen LogP contribution in [0.3, 0.4) is 0 Å². The lowest BCUT2D eigenvalue weighted by Gasteiger charge is -2.17. The quantitative estimate of drug-likeness (QED) is 0.176. The van der Waals surface area contributed by atoms with Crippen molar-refractivity contribution in [3.8, 4) is 62.1 Å². The largest absolute Gasteiger partial charge is 0.308 e. The lowest BCUT2D eigenvalue weighted by molar-refractivity contribution is 1.07. The van der Waals surface area contributed by atoms with E-state index in [4.69, 9.17) is 15.0 Å². The Labute approximate surface area is 307 Å². The van der Waals surface area contributed by atoms with Gasteiger partial charge in [-0.15, -0.1) is 0 Å². The van der Waals surface area contributed by atoms with Crippen LogP contribution in [-0.2, 0) is 0 Å².